The molecule has 6 nitrogen and oxygen atoms in total. The van der Waals surface area contributed by atoms with Crippen molar-refractivity contribution >= 4 is 0 Å². The molecule has 0 heterocycles. The lowest BCUT2D eigenvalue weighted by Gasteiger charge is -2.35. The molecule has 0 aliphatic carbocycles. The lowest BCUT2D eigenvalue weighted by atomic mass is 9.95. The fourth-order valence-electron chi connectivity index (χ4n) is 1.69. The first-order chi connectivity index (χ1) is 9.16. The molecule has 0 spiro atoms. The normalized spacial score (nSPS) is 18.6. The van der Waals surface area contributed by atoms with Crippen LogP contribution in [0.4, 0.5) is 0 Å². The van der Waals surface area contributed by atoms with Crippen molar-refractivity contribution in [3.8, 4) is 0 Å². The van der Waals surface area contributed by atoms with Gasteiger partial charge in [0.05, 0.1) is 24.3 Å². The molecule has 8 N–H and O–H groups in total. The summed E-state index contributed by atoms with van der Waals surface area (Å²) in [5, 5.41) is 25.2. The lowest BCUT2D eigenvalue weighted by Crippen LogP contribution is -2.59. The van der Waals surface area contributed by atoms with Crippen LogP contribution >= 0.6 is 0 Å². The van der Waals surface area contributed by atoms with Crippen LogP contribution in [0.5, 0.6) is 0 Å². The van der Waals surface area contributed by atoms with Gasteiger partial charge in [0.15, 0.2) is 0 Å². The zero-order chi connectivity index (χ0) is 15.9. The molecule has 0 aromatic heterocycles. The van der Waals surface area contributed by atoms with Crippen molar-refractivity contribution in [3.05, 3.63) is 0 Å². The Bertz CT molecular complexity index is 264. The average molecular weight is 290 g/mol. The molecule has 0 saturated carbocycles. The van der Waals surface area contributed by atoms with Crippen molar-refractivity contribution in [3.63, 3.8) is 0 Å². The molecule has 2 unspecified atom stereocenters. The van der Waals surface area contributed by atoms with Crippen molar-refractivity contribution in [1.82, 2.24) is 10.6 Å². The highest BCUT2D eigenvalue weighted by molar-refractivity contribution is 4.91. The van der Waals surface area contributed by atoms with Crippen LogP contribution in [-0.2, 0) is 0 Å². The van der Waals surface area contributed by atoms with Gasteiger partial charge < -0.3 is 32.3 Å². The SMILES string of the molecule is CCC(N)(CO)CNCC(C)(C)NCC(N)(CC)CO. The summed E-state index contributed by atoms with van der Waals surface area (Å²) in [6.07, 6.45) is 1.43. The third kappa shape index (κ3) is 6.97. The second-order valence-corrected chi connectivity index (χ2v) is 6.59. The van der Waals surface area contributed by atoms with Gasteiger partial charge in [0, 0.05) is 25.2 Å². The zero-order valence-corrected chi connectivity index (χ0v) is 13.5. The summed E-state index contributed by atoms with van der Waals surface area (Å²) in [5.74, 6) is 0. The second kappa shape index (κ2) is 8.26. The Morgan fingerprint density at radius 3 is 1.70 bits per heavy atom. The molecule has 0 aromatic rings. The summed E-state index contributed by atoms with van der Waals surface area (Å²) >= 11 is 0. The molecule has 0 aliphatic rings. The van der Waals surface area contributed by atoms with E-state index in [1.165, 1.54) is 0 Å². The van der Waals surface area contributed by atoms with E-state index in [1.54, 1.807) is 0 Å². The lowest BCUT2D eigenvalue weighted by molar-refractivity contribution is 0.170. The van der Waals surface area contributed by atoms with Gasteiger partial charge in [0.1, 0.15) is 0 Å². The van der Waals surface area contributed by atoms with Crippen molar-refractivity contribution in [2.45, 2.75) is 57.2 Å². The third-order valence-electron chi connectivity index (χ3n) is 4.00. The fraction of sp³-hybridized carbons (Fsp3) is 1.00. The Labute approximate surface area is 123 Å². The molecule has 0 aliphatic heterocycles. The van der Waals surface area contributed by atoms with E-state index in [-0.39, 0.29) is 18.8 Å². The van der Waals surface area contributed by atoms with E-state index in [9.17, 15) is 10.2 Å². The van der Waals surface area contributed by atoms with Crippen molar-refractivity contribution in [1.29, 1.82) is 0 Å². The molecule has 0 fully saturated rings. The monoisotopic (exact) mass is 290 g/mol. The number of hydrogen-bond acceptors (Lipinski definition) is 6. The summed E-state index contributed by atoms with van der Waals surface area (Å²) in [6.45, 7) is 9.82. The molecule has 6 heteroatoms. The van der Waals surface area contributed by atoms with Gasteiger partial charge in [0.25, 0.3) is 0 Å². The molecule has 0 bridgehead atoms. The number of aliphatic hydroxyl groups excluding tert-OH is 2. The molecule has 0 saturated heterocycles. The molecule has 2 atom stereocenters. The molecule has 0 amide bonds. The Kier molecular flexibility index (Phi) is 8.16. The van der Waals surface area contributed by atoms with E-state index in [2.05, 4.69) is 24.5 Å². The summed E-state index contributed by atoms with van der Waals surface area (Å²) in [5.41, 5.74) is 10.8. The zero-order valence-electron chi connectivity index (χ0n) is 13.5. The summed E-state index contributed by atoms with van der Waals surface area (Å²) in [7, 11) is 0. The van der Waals surface area contributed by atoms with Gasteiger partial charge in [0.2, 0.25) is 0 Å². The quantitative estimate of drug-likeness (QED) is 0.295. The van der Waals surface area contributed by atoms with E-state index in [0.29, 0.717) is 26.1 Å². The summed E-state index contributed by atoms with van der Waals surface area (Å²) < 4.78 is 0. The van der Waals surface area contributed by atoms with Gasteiger partial charge in [-0.25, -0.2) is 0 Å². The number of rotatable bonds is 11. The van der Waals surface area contributed by atoms with E-state index >= 15 is 0 Å². The van der Waals surface area contributed by atoms with Crippen LogP contribution in [0.15, 0.2) is 0 Å². The van der Waals surface area contributed by atoms with Crippen molar-refractivity contribution in [2.24, 2.45) is 11.5 Å². The molecule has 122 valence electrons. The maximum Gasteiger partial charge on any atom is 0.0623 e. The maximum atomic E-state index is 9.30. The molecule has 0 radical (unpaired) electrons. The predicted molar refractivity (Wildman–Crippen MR) is 83.5 cm³/mol. The smallest absolute Gasteiger partial charge is 0.0623 e. The van der Waals surface area contributed by atoms with Crippen LogP contribution in [0.2, 0.25) is 0 Å². The predicted octanol–water partition coefficient (Wildman–Crippen LogP) is -0.856. The van der Waals surface area contributed by atoms with Crippen LogP contribution < -0.4 is 22.1 Å². The maximum absolute atomic E-state index is 9.30. The Hall–Kier alpha value is -0.240. The fourth-order valence-corrected chi connectivity index (χ4v) is 1.69. The highest BCUT2D eigenvalue weighted by Gasteiger charge is 2.27. The van der Waals surface area contributed by atoms with Crippen LogP contribution in [0.1, 0.15) is 40.5 Å². The molecule has 20 heavy (non-hydrogen) atoms. The summed E-state index contributed by atoms with van der Waals surface area (Å²) in [4.78, 5) is 0. The van der Waals surface area contributed by atoms with E-state index in [0.717, 1.165) is 6.42 Å². The van der Waals surface area contributed by atoms with Gasteiger partial charge >= 0.3 is 0 Å². The van der Waals surface area contributed by atoms with Gasteiger partial charge in [-0.15, -0.1) is 0 Å². The van der Waals surface area contributed by atoms with E-state index < -0.39 is 11.1 Å². The third-order valence-corrected chi connectivity index (χ3v) is 4.00. The number of aliphatic hydroxyl groups is 2. The van der Waals surface area contributed by atoms with E-state index in [1.807, 2.05) is 13.8 Å². The largest absolute Gasteiger partial charge is 0.394 e. The van der Waals surface area contributed by atoms with Crippen LogP contribution in [0.3, 0.4) is 0 Å². The summed E-state index contributed by atoms with van der Waals surface area (Å²) in [6, 6.07) is 0. The van der Waals surface area contributed by atoms with Crippen LogP contribution in [0, 0.1) is 0 Å². The van der Waals surface area contributed by atoms with Crippen molar-refractivity contribution in [2.75, 3.05) is 32.8 Å². The molecule has 0 aromatic carbocycles. The molecule has 0 rings (SSSR count). The first-order valence-corrected chi connectivity index (χ1v) is 7.41. The van der Waals surface area contributed by atoms with Crippen LogP contribution in [-0.4, -0.2) is 59.7 Å². The molecular formula is C14H34N4O2. The Balaban J connectivity index is 4.20. The Morgan fingerprint density at radius 2 is 1.30 bits per heavy atom. The molecular weight excluding hydrogens is 256 g/mol. The van der Waals surface area contributed by atoms with Gasteiger partial charge in [-0.3, -0.25) is 0 Å². The number of nitrogens with one attached hydrogen (secondary N) is 2. The van der Waals surface area contributed by atoms with Crippen molar-refractivity contribution < 1.29 is 10.2 Å². The van der Waals surface area contributed by atoms with Crippen LogP contribution in [0.25, 0.3) is 0 Å². The minimum Gasteiger partial charge on any atom is -0.394 e. The topological polar surface area (TPSA) is 117 Å². The highest BCUT2D eigenvalue weighted by Crippen LogP contribution is 2.08. The minimum absolute atomic E-state index is 0.0311. The van der Waals surface area contributed by atoms with E-state index in [4.69, 9.17) is 11.5 Å². The first-order valence-electron chi connectivity index (χ1n) is 7.41. The second-order valence-electron chi connectivity index (χ2n) is 6.59. The first kappa shape index (κ1) is 19.8. The highest BCUT2D eigenvalue weighted by atomic mass is 16.3. The standard InChI is InChI=1S/C14H34N4O2/c1-5-13(15,10-19)8-17-7-12(3,4)18-9-14(16,6-2)11-20/h17-20H,5-11,15-16H2,1-4H3. The van der Waals surface area contributed by atoms with Gasteiger partial charge in [-0.05, 0) is 26.7 Å². The average Bonchev–Trinajstić information content (AvgIpc) is 2.44. The van der Waals surface area contributed by atoms with Gasteiger partial charge in [-0.2, -0.15) is 0 Å². The van der Waals surface area contributed by atoms with Gasteiger partial charge in [-0.1, -0.05) is 13.8 Å². The Morgan fingerprint density at radius 1 is 0.850 bits per heavy atom. The minimum atomic E-state index is -0.580. The number of nitrogens with two attached hydrogens (primary N) is 2. The number of hydrogen-bond donors (Lipinski definition) is 6.